The molecule has 2 rings (SSSR count). The van der Waals surface area contributed by atoms with E-state index in [4.69, 9.17) is 0 Å². The molecule has 1 aromatic rings. The van der Waals surface area contributed by atoms with Crippen LogP contribution in [0, 0.1) is 0 Å². The second-order valence-corrected chi connectivity index (χ2v) is 3.95. The maximum Gasteiger partial charge on any atom is 0.126 e. The molecule has 0 heterocycles. The Balaban J connectivity index is 0.000000213. The van der Waals surface area contributed by atoms with Crippen LogP contribution in [-0.4, -0.2) is 5.78 Å². The lowest BCUT2D eigenvalue weighted by molar-refractivity contribution is -0.114. The summed E-state index contributed by atoms with van der Waals surface area (Å²) in [6, 6.07) is 10.8. The molecular weight excluding hydrogens is 172 g/mol. The lowest BCUT2D eigenvalue weighted by atomic mass is 9.80. The average molecular weight is 190 g/mol. The summed E-state index contributed by atoms with van der Waals surface area (Å²) in [6.45, 7) is 3.06. The molecular formula is C13H18O. The van der Waals surface area contributed by atoms with Crippen LogP contribution < -0.4 is 0 Å². The van der Waals surface area contributed by atoms with Gasteiger partial charge in [0.15, 0.2) is 0 Å². The van der Waals surface area contributed by atoms with Crippen molar-refractivity contribution in [2.45, 2.75) is 39.0 Å². The third-order valence-electron chi connectivity index (χ3n) is 2.38. The summed E-state index contributed by atoms with van der Waals surface area (Å²) in [6.07, 6.45) is 4.24. The first-order chi connectivity index (χ1) is 6.70. The van der Waals surface area contributed by atoms with Crippen LogP contribution in [0.1, 0.15) is 44.6 Å². The summed E-state index contributed by atoms with van der Waals surface area (Å²) in [5.74, 6) is 1.06. The van der Waals surface area contributed by atoms with E-state index in [-0.39, 0.29) is 5.78 Å². The molecule has 1 aliphatic rings. The molecule has 1 saturated carbocycles. The molecule has 0 radical (unpaired) electrons. The van der Waals surface area contributed by atoms with Crippen molar-refractivity contribution in [2.75, 3.05) is 0 Å². The zero-order chi connectivity index (χ0) is 10.4. The number of hydrogen-bond acceptors (Lipinski definition) is 1. The molecule has 0 unspecified atom stereocenters. The van der Waals surface area contributed by atoms with E-state index in [9.17, 15) is 4.79 Å². The molecule has 14 heavy (non-hydrogen) atoms. The normalized spacial score (nSPS) is 15.0. The quantitative estimate of drug-likeness (QED) is 0.662. The summed E-state index contributed by atoms with van der Waals surface area (Å²) in [5.41, 5.74) is 1.54. The third kappa shape index (κ3) is 3.73. The molecule has 0 amide bonds. The highest BCUT2D eigenvalue weighted by Gasteiger charge is 2.18. The van der Waals surface area contributed by atoms with Crippen LogP contribution in [0.2, 0.25) is 0 Å². The Morgan fingerprint density at radius 3 is 2.00 bits per heavy atom. The number of carbonyl (C=O) groups excluding carboxylic acids is 1. The molecule has 1 aliphatic carbocycles. The van der Waals surface area contributed by atoms with E-state index in [1.165, 1.54) is 38.7 Å². The SMILES string of the molecule is CC(C)=O.c1ccc(C2CCC2)cc1. The Bertz CT molecular complexity index is 269. The molecule has 0 N–H and O–H groups in total. The van der Waals surface area contributed by atoms with E-state index < -0.39 is 0 Å². The zero-order valence-electron chi connectivity index (χ0n) is 8.99. The first-order valence-corrected chi connectivity index (χ1v) is 5.22. The molecule has 0 atom stereocenters. The molecule has 76 valence electrons. The summed E-state index contributed by atoms with van der Waals surface area (Å²) in [5, 5.41) is 0. The molecule has 0 spiro atoms. The second-order valence-electron chi connectivity index (χ2n) is 3.95. The van der Waals surface area contributed by atoms with Crippen molar-refractivity contribution < 1.29 is 4.79 Å². The first kappa shape index (κ1) is 11.0. The monoisotopic (exact) mass is 190 g/mol. The van der Waals surface area contributed by atoms with Crippen LogP contribution in [0.15, 0.2) is 30.3 Å². The highest BCUT2D eigenvalue weighted by atomic mass is 16.1. The summed E-state index contributed by atoms with van der Waals surface area (Å²) in [7, 11) is 0. The van der Waals surface area contributed by atoms with E-state index in [0.717, 1.165) is 5.92 Å². The van der Waals surface area contributed by atoms with Gasteiger partial charge in [-0.05, 0) is 38.2 Å². The maximum absolute atomic E-state index is 9.44. The topological polar surface area (TPSA) is 17.1 Å². The number of hydrogen-bond donors (Lipinski definition) is 0. The van der Waals surface area contributed by atoms with Gasteiger partial charge in [-0.1, -0.05) is 36.8 Å². The number of carbonyl (C=O) groups is 1. The fraction of sp³-hybridized carbons (Fsp3) is 0.462. The molecule has 1 nitrogen and oxygen atoms in total. The van der Waals surface area contributed by atoms with Crippen LogP contribution >= 0.6 is 0 Å². The van der Waals surface area contributed by atoms with Crippen LogP contribution in [0.3, 0.4) is 0 Å². The van der Waals surface area contributed by atoms with E-state index >= 15 is 0 Å². The largest absolute Gasteiger partial charge is 0.300 e. The van der Waals surface area contributed by atoms with Crippen molar-refractivity contribution in [3.05, 3.63) is 35.9 Å². The van der Waals surface area contributed by atoms with Crippen LogP contribution in [0.5, 0.6) is 0 Å². The lowest BCUT2D eigenvalue weighted by Gasteiger charge is -2.25. The van der Waals surface area contributed by atoms with Gasteiger partial charge in [-0.2, -0.15) is 0 Å². The van der Waals surface area contributed by atoms with Crippen LogP contribution in [0.4, 0.5) is 0 Å². The number of ketones is 1. The molecule has 0 aromatic heterocycles. The van der Waals surface area contributed by atoms with Gasteiger partial charge >= 0.3 is 0 Å². The molecule has 0 aliphatic heterocycles. The zero-order valence-corrected chi connectivity index (χ0v) is 8.99. The Labute approximate surface area is 86.1 Å². The molecule has 0 saturated heterocycles. The van der Waals surface area contributed by atoms with Gasteiger partial charge < -0.3 is 4.79 Å². The van der Waals surface area contributed by atoms with Gasteiger partial charge in [-0.3, -0.25) is 0 Å². The van der Waals surface area contributed by atoms with E-state index in [1.807, 2.05) is 0 Å². The summed E-state index contributed by atoms with van der Waals surface area (Å²) in [4.78, 5) is 9.44. The molecule has 1 heteroatoms. The van der Waals surface area contributed by atoms with Crippen molar-refractivity contribution in [1.82, 2.24) is 0 Å². The number of Topliss-reactive ketones (excluding diaryl/α,β-unsaturated/α-hetero) is 1. The van der Waals surface area contributed by atoms with Gasteiger partial charge in [0.25, 0.3) is 0 Å². The second kappa shape index (κ2) is 5.58. The Morgan fingerprint density at radius 2 is 1.64 bits per heavy atom. The minimum absolute atomic E-state index is 0.167. The first-order valence-electron chi connectivity index (χ1n) is 5.22. The maximum atomic E-state index is 9.44. The van der Waals surface area contributed by atoms with Gasteiger partial charge in [0.05, 0.1) is 0 Å². The third-order valence-corrected chi connectivity index (χ3v) is 2.38. The van der Waals surface area contributed by atoms with Crippen LogP contribution in [-0.2, 0) is 4.79 Å². The fourth-order valence-electron chi connectivity index (χ4n) is 1.47. The van der Waals surface area contributed by atoms with Crippen molar-refractivity contribution in [3.8, 4) is 0 Å². The smallest absolute Gasteiger partial charge is 0.126 e. The Morgan fingerprint density at radius 1 is 1.14 bits per heavy atom. The summed E-state index contributed by atoms with van der Waals surface area (Å²) < 4.78 is 0. The average Bonchev–Trinajstić information content (AvgIpc) is 2.01. The highest BCUT2D eigenvalue weighted by Crippen LogP contribution is 2.35. The predicted octanol–water partition coefficient (Wildman–Crippen LogP) is 3.55. The standard InChI is InChI=1S/C10H12.C3H6O/c1-2-5-9(6-3-1)10-7-4-8-10;1-3(2)4/h1-3,5-6,10H,4,7-8H2;1-2H3. The highest BCUT2D eigenvalue weighted by molar-refractivity contribution is 5.72. The minimum Gasteiger partial charge on any atom is -0.300 e. The number of benzene rings is 1. The van der Waals surface area contributed by atoms with Crippen molar-refractivity contribution >= 4 is 5.78 Å². The van der Waals surface area contributed by atoms with Crippen molar-refractivity contribution in [2.24, 2.45) is 0 Å². The Kier molecular flexibility index (Phi) is 4.37. The van der Waals surface area contributed by atoms with Crippen LogP contribution in [0.25, 0.3) is 0 Å². The molecule has 1 fully saturated rings. The van der Waals surface area contributed by atoms with E-state index in [2.05, 4.69) is 30.3 Å². The fourth-order valence-corrected chi connectivity index (χ4v) is 1.47. The van der Waals surface area contributed by atoms with Crippen molar-refractivity contribution in [3.63, 3.8) is 0 Å². The van der Waals surface area contributed by atoms with Gasteiger partial charge in [0.2, 0.25) is 0 Å². The lowest BCUT2D eigenvalue weighted by Crippen LogP contribution is -2.07. The van der Waals surface area contributed by atoms with Gasteiger partial charge in [-0.25, -0.2) is 0 Å². The summed E-state index contributed by atoms with van der Waals surface area (Å²) >= 11 is 0. The van der Waals surface area contributed by atoms with Crippen molar-refractivity contribution in [1.29, 1.82) is 0 Å². The minimum atomic E-state index is 0.167. The van der Waals surface area contributed by atoms with Gasteiger partial charge in [0, 0.05) is 0 Å². The van der Waals surface area contributed by atoms with Gasteiger partial charge in [0.1, 0.15) is 5.78 Å². The Hall–Kier alpha value is -1.11. The number of rotatable bonds is 1. The predicted molar refractivity (Wildman–Crippen MR) is 59.4 cm³/mol. The van der Waals surface area contributed by atoms with E-state index in [0.29, 0.717) is 0 Å². The molecule has 1 aromatic carbocycles. The van der Waals surface area contributed by atoms with Gasteiger partial charge in [-0.15, -0.1) is 0 Å². The van der Waals surface area contributed by atoms with E-state index in [1.54, 1.807) is 0 Å². The molecule has 0 bridgehead atoms.